The van der Waals surface area contributed by atoms with E-state index in [1.807, 2.05) is 48.5 Å². The summed E-state index contributed by atoms with van der Waals surface area (Å²) in [4.78, 5) is 14.6. The van der Waals surface area contributed by atoms with E-state index >= 15 is 0 Å². The Morgan fingerprint density at radius 2 is 1.96 bits per heavy atom. The van der Waals surface area contributed by atoms with E-state index in [4.69, 9.17) is 0 Å². The summed E-state index contributed by atoms with van der Waals surface area (Å²) in [5.74, 6) is -0.177. The van der Waals surface area contributed by atoms with Crippen molar-refractivity contribution in [1.82, 2.24) is 4.90 Å². The number of anilines is 1. The van der Waals surface area contributed by atoms with Crippen LogP contribution < -0.4 is 5.32 Å². The number of amides is 1. The first-order valence-corrected chi connectivity index (χ1v) is 8.94. The van der Waals surface area contributed by atoms with Gasteiger partial charge in [-0.2, -0.15) is 0 Å². The minimum Gasteiger partial charge on any atom is -0.388 e. The zero-order chi connectivity index (χ0) is 17.6. The lowest BCUT2D eigenvalue weighted by Gasteiger charge is -2.16. The molecule has 1 atom stereocenters. The molecule has 0 spiro atoms. The number of rotatable bonds is 8. The van der Waals surface area contributed by atoms with E-state index in [2.05, 4.69) is 23.3 Å². The van der Waals surface area contributed by atoms with Crippen molar-refractivity contribution in [2.75, 3.05) is 18.9 Å². The van der Waals surface area contributed by atoms with Crippen LogP contribution in [0.5, 0.6) is 0 Å². The molecule has 0 heterocycles. The molecule has 2 aromatic carbocycles. The number of aliphatic hydroxyl groups excluding tert-OH is 1. The van der Waals surface area contributed by atoms with Crippen LogP contribution in [0.4, 0.5) is 5.69 Å². The first-order chi connectivity index (χ1) is 12.1. The highest BCUT2D eigenvalue weighted by atomic mass is 16.3. The molecule has 2 N–H and O–H groups in total. The van der Waals surface area contributed by atoms with Gasteiger partial charge in [-0.3, -0.25) is 4.79 Å². The molecule has 0 aromatic heterocycles. The predicted octanol–water partition coefficient (Wildman–Crippen LogP) is 3.39. The summed E-state index contributed by atoms with van der Waals surface area (Å²) in [7, 11) is 2.17. The summed E-state index contributed by atoms with van der Waals surface area (Å²) < 4.78 is 0. The molecule has 0 bridgehead atoms. The molecule has 3 rings (SSSR count). The van der Waals surface area contributed by atoms with Gasteiger partial charge in [0.05, 0.1) is 12.5 Å². The zero-order valence-electron chi connectivity index (χ0n) is 14.7. The second-order valence-electron chi connectivity index (χ2n) is 6.84. The molecule has 1 aliphatic rings. The van der Waals surface area contributed by atoms with Gasteiger partial charge in [-0.15, -0.1) is 0 Å². The molecule has 0 saturated heterocycles. The summed E-state index contributed by atoms with van der Waals surface area (Å²) >= 11 is 0. The van der Waals surface area contributed by atoms with Gasteiger partial charge in [0.15, 0.2) is 0 Å². The Morgan fingerprint density at radius 3 is 2.68 bits per heavy atom. The lowest BCUT2D eigenvalue weighted by Crippen LogP contribution is -2.23. The van der Waals surface area contributed by atoms with Crippen LogP contribution in [0.25, 0.3) is 0 Å². The van der Waals surface area contributed by atoms with Crippen LogP contribution in [0.2, 0.25) is 0 Å². The molecule has 1 unspecified atom stereocenters. The van der Waals surface area contributed by atoms with E-state index in [1.54, 1.807) is 0 Å². The largest absolute Gasteiger partial charge is 0.388 e. The molecule has 0 aliphatic heterocycles. The Balaban J connectivity index is 1.51. The van der Waals surface area contributed by atoms with E-state index in [-0.39, 0.29) is 12.3 Å². The van der Waals surface area contributed by atoms with Crippen molar-refractivity contribution in [3.05, 3.63) is 65.7 Å². The van der Waals surface area contributed by atoms with E-state index in [0.717, 1.165) is 30.3 Å². The molecular formula is C21H26N2O2. The fourth-order valence-electron chi connectivity index (χ4n) is 2.99. The van der Waals surface area contributed by atoms with Crippen molar-refractivity contribution < 1.29 is 9.90 Å². The number of nitrogens with zero attached hydrogens (tertiary/aromatic N) is 1. The summed E-state index contributed by atoms with van der Waals surface area (Å²) in [5.41, 5.74) is 2.76. The third-order valence-electron chi connectivity index (χ3n) is 4.70. The molecule has 1 amide bonds. The minimum absolute atomic E-state index is 0.0542. The Bertz CT molecular complexity index is 698. The topological polar surface area (TPSA) is 52.6 Å². The summed E-state index contributed by atoms with van der Waals surface area (Å²) in [6, 6.07) is 18.0. The van der Waals surface area contributed by atoms with Crippen LogP contribution in [0.1, 0.15) is 36.5 Å². The van der Waals surface area contributed by atoms with Crippen molar-refractivity contribution in [1.29, 1.82) is 0 Å². The second kappa shape index (κ2) is 8.28. The molecule has 2 aromatic rings. The van der Waals surface area contributed by atoms with Crippen molar-refractivity contribution in [3.8, 4) is 0 Å². The first-order valence-electron chi connectivity index (χ1n) is 8.94. The lowest BCUT2D eigenvalue weighted by molar-refractivity contribution is -0.118. The molecule has 4 heteroatoms. The Kier molecular flexibility index (Phi) is 5.84. The highest BCUT2D eigenvalue weighted by molar-refractivity contribution is 5.91. The normalized spacial score (nSPS) is 15.2. The molecule has 0 radical (unpaired) electrons. The molecular weight excluding hydrogens is 312 g/mol. The van der Waals surface area contributed by atoms with Gasteiger partial charge in [0.25, 0.3) is 0 Å². The van der Waals surface area contributed by atoms with E-state index in [9.17, 15) is 9.90 Å². The minimum atomic E-state index is -0.781. The van der Waals surface area contributed by atoms with Gasteiger partial charge < -0.3 is 15.3 Å². The summed E-state index contributed by atoms with van der Waals surface area (Å²) in [6.45, 7) is 1.04. The Hall–Kier alpha value is -2.17. The Labute approximate surface area is 149 Å². The van der Waals surface area contributed by atoms with Gasteiger partial charge in [0.2, 0.25) is 5.91 Å². The van der Waals surface area contributed by atoms with Crippen LogP contribution in [0, 0.1) is 0 Å². The first kappa shape index (κ1) is 17.6. The maximum Gasteiger partial charge on any atom is 0.227 e. The van der Waals surface area contributed by atoms with Gasteiger partial charge in [0.1, 0.15) is 0 Å². The number of hydrogen-bond acceptors (Lipinski definition) is 3. The van der Waals surface area contributed by atoms with Gasteiger partial charge >= 0.3 is 0 Å². The number of likely N-dealkylation sites (N-methyl/N-ethyl adjacent to an activating group) is 1. The van der Waals surface area contributed by atoms with E-state index in [1.165, 1.54) is 18.4 Å². The quantitative estimate of drug-likeness (QED) is 0.776. The fourth-order valence-corrected chi connectivity index (χ4v) is 2.99. The molecule has 132 valence electrons. The number of benzene rings is 2. The van der Waals surface area contributed by atoms with Crippen LogP contribution in [-0.4, -0.2) is 35.5 Å². The maximum absolute atomic E-state index is 12.2. The molecule has 1 aliphatic carbocycles. The second-order valence-corrected chi connectivity index (χ2v) is 6.84. The van der Waals surface area contributed by atoms with Crippen LogP contribution >= 0.6 is 0 Å². The van der Waals surface area contributed by atoms with Gasteiger partial charge in [-0.05, 0) is 49.6 Å². The van der Waals surface area contributed by atoms with Gasteiger partial charge in [-0.25, -0.2) is 0 Å². The number of carbonyl (C=O) groups excluding carboxylic acids is 1. The Morgan fingerprint density at radius 1 is 1.20 bits per heavy atom. The smallest absolute Gasteiger partial charge is 0.227 e. The fraction of sp³-hybridized carbons (Fsp3) is 0.381. The van der Waals surface area contributed by atoms with Crippen molar-refractivity contribution in [3.63, 3.8) is 0 Å². The van der Waals surface area contributed by atoms with Crippen molar-refractivity contribution in [2.45, 2.75) is 37.8 Å². The number of aliphatic hydroxyl groups is 1. The SMILES string of the molecule is CN(CCc1cccc(NC(=O)CC(O)c2ccccc2)c1)C1CC1. The average molecular weight is 338 g/mol. The lowest BCUT2D eigenvalue weighted by atomic mass is 10.1. The predicted molar refractivity (Wildman–Crippen MR) is 100 cm³/mol. The van der Waals surface area contributed by atoms with E-state index < -0.39 is 6.10 Å². The van der Waals surface area contributed by atoms with Crippen molar-refractivity contribution >= 4 is 11.6 Å². The van der Waals surface area contributed by atoms with Crippen LogP contribution in [0.3, 0.4) is 0 Å². The average Bonchev–Trinajstić information content (AvgIpc) is 3.46. The van der Waals surface area contributed by atoms with Gasteiger partial charge in [-0.1, -0.05) is 42.5 Å². The van der Waals surface area contributed by atoms with E-state index in [0.29, 0.717) is 0 Å². The number of hydrogen-bond donors (Lipinski definition) is 2. The van der Waals surface area contributed by atoms with Gasteiger partial charge in [0, 0.05) is 18.3 Å². The monoisotopic (exact) mass is 338 g/mol. The summed E-state index contributed by atoms with van der Waals surface area (Å²) in [6.07, 6.45) is 2.88. The third kappa shape index (κ3) is 5.41. The standard InChI is InChI=1S/C21H26N2O2/c1-23(19-10-11-19)13-12-16-6-5-9-18(14-16)22-21(25)15-20(24)17-7-3-2-4-8-17/h2-9,14,19-20,24H,10-13,15H2,1H3,(H,22,25). The highest BCUT2D eigenvalue weighted by Crippen LogP contribution is 2.25. The van der Waals surface area contributed by atoms with Crippen LogP contribution in [-0.2, 0) is 11.2 Å². The molecule has 25 heavy (non-hydrogen) atoms. The molecule has 4 nitrogen and oxygen atoms in total. The zero-order valence-corrected chi connectivity index (χ0v) is 14.7. The number of nitrogens with one attached hydrogen (secondary N) is 1. The van der Waals surface area contributed by atoms with Crippen LogP contribution in [0.15, 0.2) is 54.6 Å². The molecule has 1 fully saturated rings. The van der Waals surface area contributed by atoms with Crippen molar-refractivity contribution in [2.24, 2.45) is 0 Å². The number of carbonyl (C=O) groups is 1. The maximum atomic E-state index is 12.2. The summed E-state index contributed by atoms with van der Waals surface area (Å²) in [5, 5.41) is 13.1. The highest BCUT2D eigenvalue weighted by Gasteiger charge is 2.25. The molecule has 1 saturated carbocycles. The third-order valence-corrected chi connectivity index (χ3v) is 4.70.